The van der Waals surface area contributed by atoms with E-state index < -0.39 is 0 Å². The van der Waals surface area contributed by atoms with Gasteiger partial charge in [0.15, 0.2) is 0 Å². The van der Waals surface area contributed by atoms with Crippen LogP contribution in [0.25, 0.3) is 54.8 Å². The van der Waals surface area contributed by atoms with Gasteiger partial charge in [0.1, 0.15) is 0 Å². The smallest absolute Gasteiger partial charge is 0.0706 e. The minimum absolute atomic E-state index is 0. The molecule has 0 N–H and O–H groups in total. The van der Waals surface area contributed by atoms with Crippen molar-refractivity contribution < 1.29 is 20.1 Å². The quantitative estimate of drug-likeness (QED) is 0.130. The molecule has 51 heavy (non-hydrogen) atoms. The molecule has 0 aliphatic heterocycles. The van der Waals surface area contributed by atoms with Crippen LogP contribution in [0.5, 0.6) is 0 Å². The molecule has 0 unspecified atom stereocenters. The molecular formula is C48H32IrN2-2. The number of rotatable bonds is 4. The van der Waals surface area contributed by atoms with E-state index in [-0.39, 0.29) is 25.5 Å². The molecular weight excluding hydrogens is 797 g/mol. The molecule has 2 nitrogen and oxygen atoms in total. The Bertz CT molecular complexity index is 2460. The van der Waals surface area contributed by atoms with Gasteiger partial charge in [-0.05, 0) is 61.9 Å². The number of hydrogen-bond acceptors (Lipinski definition) is 2. The second-order valence-corrected chi connectivity index (χ2v) is 12.8. The standard InChI is InChI=1S/C30H18N.C18H14N.Ir/c1-3-10-20(11-4-1)30(21-12-5-2-6-13-21)25-17-9-16-23-22-14-7-8-15-24(22)29-28(27(23)25)26(30)18-19-31-29;1-14-11-16(15-7-3-2-4-8-15)13-17(12-14)18-9-5-6-10-19-18;/h1-14,16-19H;2-11,13H,1H3;/q2*-1;. The summed E-state index contributed by atoms with van der Waals surface area (Å²) >= 11 is 0. The van der Waals surface area contributed by atoms with E-state index in [4.69, 9.17) is 4.98 Å². The monoisotopic (exact) mass is 829 g/mol. The predicted molar refractivity (Wildman–Crippen MR) is 206 cm³/mol. The minimum atomic E-state index is -0.372. The van der Waals surface area contributed by atoms with Crippen LogP contribution >= 0.6 is 0 Å². The van der Waals surface area contributed by atoms with Crippen molar-refractivity contribution in [3.05, 3.63) is 216 Å². The average molecular weight is 829 g/mol. The third-order valence-corrected chi connectivity index (χ3v) is 9.92. The zero-order valence-corrected chi connectivity index (χ0v) is 30.4. The van der Waals surface area contributed by atoms with Crippen LogP contribution in [-0.2, 0) is 25.5 Å². The number of fused-ring (bicyclic) bond motifs is 3. The summed E-state index contributed by atoms with van der Waals surface area (Å²) in [5, 5.41) is 6.17. The predicted octanol–water partition coefficient (Wildman–Crippen LogP) is 11.6. The zero-order valence-electron chi connectivity index (χ0n) is 28.0. The average Bonchev–Trinajstić information content (AvgIpc) is 3.51. The molecule has 0 bridgehead atoms. The van der Waals surface area contributed by atoms with Gasteiger partial charge in [-0.1, -0.05) is 139 Å². The van der Waals surface area contributed by atoms with Crippen LogP contribution in [0.2, 0.25) is 0 Å². The maximum Gasteiger partial charge on any atom is 0.0706 e. The van der Waals surface area contributed by atoms with Crippen molar-refractivity contribution in [3.8, 4) is 22.4 Å². The van der Waals surface area contributed by atoms with Crippen molar-refractivity contribution in [1.82, 2.24) is 9.97 Å². The van der Waals surface area contributed by atoms with E-state index in [1.165, 1.54) is 54.9 Å². The fourth-order valence-corrected chi connectivity index (χ4v) is 7.92. The van der Waals surface area contributed by atoms with Gasteiger partial charge < -0.3 is 9.97 Å². The van der Waals surface area contributed by atoms with Crippen molar-refractivity contribution in [2.45, 2.75) is 12.3 Å². The summed E-state index contributed by atoms with van der Waals surface area (Å²) in [5.74, 6) is 0. The van der Waals surface area contributed by atoms with Crippen molar-refractivity contribution in [3.63, 3.8) is 0 Å². The molecule has 1 aliphatic carbocycles. The largest absolute Gasteiger partial charge is 0.305 e. The number of hydrogen-bond donors (Lipinski definition) is 0. The number of benzene rings is 7. The first-order valence-corrected chi connectivity index (χ1v) is 17.0. The molecule has 10 rings (SSSR count). The third kappa shape index (κ3) is 5.38. The molecule has 0 amide bonds. The van der Waals surface area contributed by atoms with Crippen LogP contribution in [0.3, 0.4) is 0 Å². The molecule has 0 saturated heterocycles. The van der Waals surface area contributed by atoms with Crippen LogP contribution in [0.4, 0.5) is 0 Å². The SMILES string of the molecule is Cc1[c-]c(-c2ccccn2)cc(-c2ccccc2)c1.[Ir].[c-]1cccc2c1c1nccc3c1c1c(cccc21)C3(c1ccccc1)c1ccccc1. The van der Waals surface area contributed by atoms with Crippen LogP contribution in [0, 0.1) is 19.1 Å². The second kappa shape index (κ2) is 13.5. The van der Waals surface area contributed by atoms with E-state index in [0.717, 1.165) is 27.7 Å². The maximum atomic E-state index is 4.88. The van der Waals surface area contributed by atoms with Gasteiger partial charge in [-0.15, -0.1) is 64.5 Å². The van der Waals surface area contributed by atoms with Crippen molar-refractivity contribution in [2.24, 2.45) is 0 Å². The van der Waals surface area contributed by atoms with Crippen molar-refractivity contribution in [1.29, 1.82) is 0 Å². The molecule has 2 aromatic heterocycles. The molecule has 1 aliphatic rings. The summed E-state index contributed by atoms with van der Waals surface area (Å²) in [5.41, 5.74) is 11.4. The third-order valence-electron chi connectivity index (χ3n) is 9.92. The Hall–Kier alpha value is -5.73. The molecule has 7 aromatic carbocycles. The Morgan fingerprint density at radius 1 is 0.529 bits per heavy atom. The maximum absolute atomic E-state index is 4.88. The fraction of sp³-hybridized carbons (Fsp3) is 0.0417. The van der Waals surface area contributed by atoms with E-state index in [1.54, 1.807) is 0 Å². The minimum Gasteiger partial charge on any atom is -0.305 e. The van der Waals surface area contributed by atoms with Gasteiger partial charge in [-0.25, -0.2) is 0 Å². The Morgan fingerprint density at radius 3 is 1.90 bits per heavy atom. The summed E-state index contributed by atoms with van der Waals surface area (Å²) in [6, 6.07) is 64.5. The number of aromatic nitrogens is 2. The van der Waals surface area contributed by atoms with Gasteiger partial charge in [0, 0.05) is 32.5 Å². The Balaban J connectivity index is 0.000000162. The molecule has 0 fully saturated rings. The summed E-state index contributed by atoms with van der Waals surface area (Å²) in [4.78, 5) is 9.27. The molecule has 0 atom stereocenters. The van der Waals surface area contributed by atoms with Gasteiger partial charge in [0.2, 0.25) is 0 Å². The Labute approximate surface area is 311 Å². The number of aryl methyl sites for hydroxylation is 1. The topological polar surface area (TPSA) is 25.8 Å². The Kier molecular flexibility index (Phi) is 8.61. The van der Waals surface area contributed by atoms with Gasteiger partial charge in [0.25, 0.3) is 0 Å². The summed E-state index contributed by atoms with van der Waals surface area (Å²) in [6.45, 7) is 2.07. The molecule has 3 heteroatoms. The van der Waals surface area contributed by atoms with Crippen LogP contribution in [0.1, 0.15) is 27.8 Å². The first kappa shape index (κ1) is 32.5. The van der Waals surface area contributed by atoms with E-state index in [1.807, 2.05) is 42.7 Å². The zero-order chi connectivity index (χ0) is 33.5. The first-order chi connectivity index (χ1) is 24.7. The molecule has 245 valence electrons. The van der Waals surface area contributed by atoms with Gasteiger partial charge in [0.05, 0.1) is 5.41 Å². The first-order valence-electron chi connectivity index (χ1n) is 17.0. The van der Waals surface area contributed by atoms with Crippen LogP contribution in [0.15, 0.2) is 176 Å². The van der Waals surface area contributed by atoms with Crippen LogP contribution < -0.4 is 0 Å². The van der Waals surface area contributed by atoms with Crippen LogP contribution in [-0.4, -0.2) is 9.97 Å². The van der Waals surface area contributed by atoms with Crippen molar-refractivity contribution in [2.75, 3.05) is 0 Å². The summed E-state index contributed by atoms with van der Waals surface area (Å²) < 4.78 is 0. The molecule has 2 heterocycles. The molecule has 9 aromatic rings. The van der Waals surface area contributed by atoms with Crippen molar-refractivity contribution >= 4 is 32.4 Å². The summed E-state index contributed by atoms with van der Waals surface area (Å²) in [6.07, 6.45) is 3.78. The van der Waals surface area contributed by atoms with Gasteiger partial charge >= 0.3 is 0 Å². The van der Waals surface area contributed by atoms with E-state index in [2.05, 4.69) is 158 Å². The number of pyridine rings is 2. The number of nitrogens with zero attached hydrogens (tertiary/aromatic N) is 2. The fourth-order valence-electron chi connectivity index (χ4n) is 7.92. The second-order valence-electron chi connectivity index (χ2n) is 12.8. The Morgan fingerprint density at radius 2 is 1.20 bits per heavy atom. The summed E-state index contributed by atoms with van der Waals surface area (Å²) in [7, 11) is 0. The van der Waals surface area contributed by atoms with Gasteiger partial charge in [-0.3, -0.25) is 0 Å². The molecule has 0 spiro atoms. The molecule has 0 saturated carbocycles. The van der Waals surface area contributed by atoms with E-state index in [0.29, 0.717) is 0 Å². The van der Waals surface area contributed by atoms with E-state index >= 15 is 0 Å². The van der Waals surface area contributed by atoms with Gasteiger partial charge in [-0.2, -0.15) is 0 Å². The molecule has 1 radical (unpaired) electrons. The normalized spacial score (nSPS) is 12.4. The van der Waals surface area contributed by atoms with E-state index in [9.17, 15) is 0 Å².